The van der Waals surface area contributed by atoms with Gasteiger partial charge in [-0.3, -0.25) is 4.79 Å². The summed E-state index contributed by atoms with van der Waals surface area (Å²) >= 11 is 0. The molecule has 0 saturated heterocycles. The van der Waals surface area contributed by atoms with Crippen molar-refractivity contribution in [2.75, 3.05) is 6.61 Å². The Labute approximate surface area is 120 Å². The van der Waals surface area contributed by atoms with Crippen LogP contribution in [0.2, 0.25) is 0 Å². The van der Waals surface area contributed by atoms with Crippen LogP contribution >= 0.6 is 0 Å². The van der Waals surface area contributed by atoms with Gasteiger partial charge >= 0.3 is 0 Å². The number of nitrogens with one attached hydrogen (secondary N) is 1. The van der Waals surface area contributed by atoms with E-state index in [1.54, 1.807) is 6.08 Å². The number of carbonyl (C=O) groups excluding carboxylic acids is 1. The maximum absolute atomic E-state index is 12.2. The highest BCUT2D eigenvalue weighted by atomic mass is 16.5. The molecule has 3 nitrogen and oxygen atoms in total. The lowest BCUT2D eigenvalue weighted by Crippen LogP contribution is -2.38. The van der Waals surface area contributed by atoms with Gasteiger partial charge in [0.05, 0.1) is 0 Å². The summed E-state index contributed by atoms with van der Waals surface area (Å²) in [7, 11) is 0. The van der Waals surface area contributed by atoms with Gasteiger partial charge < -0.3 is 10.1 Å². The molecule has 3 heteroatoms. The van der Waals surface area contributed by atoms with Crippen molar-refractivity contribution in [1.82, 2.24) is 5.32 Å². The highest BCUT2D eigenvalue weighted by Crippen LogP contribution is 2.44. The van der Waals surface area contributed by atoms with Crippen LogP contribution in [0.25, 0.3) is 0 Å². The van der Waals surface area contributed by atoms with E-state index < -0.39 is 0 Å². The molecular weight excluding hydrogens is 250 g/mol. The summed E-state index contributed by atoms with van der Waals surface area (Å²) < 4.78 is 5.41. The summed E-state index contributed by atoms with van der Waals surface area (Å²) in [6.07, 6.45) is 6.81. The first-order valence-corrected chi connectivity index (χ1v) is 7.41. The van der Waals surface area contributed by atoms with Crippen molar-refractivity contribution in [3.63, 3.8) is 0 Å². The van der Waals surface area contributed by atoms with Gasteiger partial charge in [0.2, 0.25) is 0 Å². The summed E-state index contributed by atoms with van der Waals surface area (Å²) in [4.78, 5) is 12.2. The minimum Gasteiger partial charge on any atom is -0.490 e. The maximum Gasteiger partial charge on any atom is 0.251 e. The third-order valence-corrected chi connectivity index (χ3v) is 4.54. The Balaban J connectivity index is 1.58. The Morgan fingerprint density at radius 3 is 2.70 bits per heavy atom. The summed E-state index contributed by atoms with van der Waals surface area (Å²) in [5.41, 5.74) is 0.707. The van der Waals surface area contributed by atoms with E-state index in [1.165, 1.54) is 19.3 Å². The van der Waals surface area contributed by atoms with Gasteiger partial charge in [0.25, 0.3) is 5.91 Å². The SMILES string of the molecule is C=CCOc1ccc(C(=O)N[C@H]2C[C@H]3CC[C@H]2C3)cc1. The van der Waals surface area contributed by atoms with Gasteiger partial charge in [-0.05, 0) is 55.4 Å². The van der Waals surface area contributed by atoms with Crippen molar-refractivity contribution in [2.45, 2.75) is 31.7 Å². The Morgan fingerprint density at radius 1 is 1.30 bits per heavy atom. The van der Waals surface area contributed by atoms with Crippen LogP contribution in [-0.2, 0) is 0 Å². The molecule has 106 valence electrons. The van der Waals surface area contributed by atoms with E-state index in [1.807, 2.05) is 24.3 Å². The molecular formula is C17H21NO2. The largest absolute Gasteiger partial charge is 0.490 e. The van der Waals surface area contributed by atoms with Crippen LogP contribution in [0.4, 0.5) is 0 Å². The Morgan fingerprint density at radius 2 is 2.10 bits per heavy atom. The van der Waals surface area contributed by atoms with Crippen LogP contribution in [0.5, 0.6) is 5.75 Å². The lowest BCUT2D eigenvalue weighted by Gasteiger charge is -2.22. The Hall–Kier alpha value is -1.77. The lowest BCUT2D eigenvalue weighted by atomic mass is 9.95. The molecule has 3 rings (SSSR count). The summed E-state index contributed by atoms with van der Waals surface area (Å²) in [6.45, 7) is 4.09. The topological polar surface area (TPSA) is 38.3 Å². The third-order valence-electron chi connectivity index (χ3n) is 4.54. The summed E-state index contributed by atoms with van der Waals surface area (Å²) in [5, 5.41) is 3.19. The molecule has 2 bridgehead atoms. The van der Waals surface area contributed by atoms with E-state index >= 15 is 0 Å². The fourth-order valence-corrected chi connectivity index (χ4v) is 3.53. The zero-order valence-electron chi connectivity index (χ0n) is 11.7. The molecule has 1 N–H and O–H groups in total. The smallest absolute Gasteiger partial charge is 0.251 e. The molecule has 0 spiro atoms. The molecule has 1 amide bonds. The van der Waals surface area contributed by atoms with Crippen molar-refractivity contribution in [3.05, 3.63) is 42.5 Å². The number of hydrogen-bond acceptors (Lipinski definition) is 2. The molecule has 2 saturated carbocycles. The number of rotatable bonds is 5. The molecule has 1 aromatic carbocycles. The van der Waals surface area contributed by atoms with Gasteiger partial charge in [-0.15, -0.1) is 0 Å². The van der Waals surface area contributed by atoms with Crippen LogP contribution in [0.1, 0.15) is 36.0 Å². The number of fused-ring (bicyclic) bond motifs is 2. The zero-order valence-corrected chi connectivity index (χ0v) is 11.7. The molecule has 2 aliphatic carbocycles. The second-order valence-electron chi connectivity index (χ2n) is 5.88. The van der Waals surface area contributed by atoms with Gasteiger partial charge in [0.1, 0.15) is 12.4 Å². The average Bonchev–Trinajstić information content (AvgIpc) is 3.08. The summed E-state index contributed by atoms with van der Waals surface area (Å²) in [5.74, 6) is 2.36. The predicted molar refractivity (Wildman–Crippen MR) is 78.8 cm³/mol. The summed E-state index contributed by atoms with van der Waals surface area (Å²) in [6, 6.07) is 7.69. The molecule has 1 aromatic rings. The molecule has 0 aromatic heterocycles. The Bertz CT molecular complexity index is 494. The molecule has 3 atom stereocenters. The van der Waals surface area contributed by atoms with E-state index in [9.17, 15) is 4.79 Å². The van der Waals surface area contributed by atoms with Crippen LogP contribution in [0.3, 0.4) is 0 Å². The normalized spacial score (nSPS) is 27.3. The number of ether oxygens (including phenoxy) is 1. The number of carbonyl (C=O) groups is 1. The lowest BCUT2D eigenvalue weighted by molar-refractivity contribution is 0.0923. The molecule has 2 aliphatic rings. The number of benzene rings is 1. The fraction of sp³-hybridized carbons (Fsp3) is 0.471. The van der Waals surface area contributed by atoms with E-state index in [0.29, 0.717) is 24.1 Å². The van der Waals surface area contributed by atoms with Gasteiger partial charge in [-0.25, -0.2) is 0 Å². The van der Waals surface area contributed by atoms with E-state index in [-0.39, 0.29) is 5.91 Å². The Kier molecular flexibility index (Phi) is 3.77. The number of amides is 1. The highest BCUT2D eigenvalue weighted by Gasteiger charge is 2.40. The van der Waals surface area contributed by atoms with Crippen LogP contribution in [0, 0.1) is 11.8 Å². The fourth-order valence-electron chi connectivity index (χ4n) is 3.53. The van der Waals surface area contributed by atoms with Crippen molar-refractivity contribution in [3.8, 4) is 5.75 Å². The third kappa shape index (κ3) is 2.72. The zero-order chi connectivity index (χ0) is 13.9. The molecule has 0 unspecified atom stereocenters. The maximum atomic E-state index is 12.2. The first-order valence-electron chi connectivity index (χ1n) is 7.41. The van der Waals surface area contributed by atoms with Crippen molar-refractivity contribution < 1.29 is 9.53 Å². The van der Waals surface area contributed by atoms with Gasteiger partial charge in [-0.1, -0.05) is 19.1 Å². The van der Waals surface area contributed by atoms with Gasteiger partial charge in [-0.2, -0.15) is 0 Å². The minimum atomic E-state index is 0.0396. The second kappa shape index (κ2) is 5.70. The van der Waals surface area contributed by atoms with Crippen molar-refractivity contribution >= 4 is 5.91 Å². The van der Waals surface area contributed by atoms with Gasteiger partial charge in [0.15, 0.2) is 0 Å². The monoisotopic (exact) mass is 271 g/mol. The highest BCUT2D eigenvalue weighted by molar-refractivity contribution is 5.94. The van der Waals surface area contributed by atoms with Crippen LogP contribution in [-0.4, -0.2) is 18.6 Å². The van der Waals surface area contributed by atoms with Crippen molar-refractivity contribution in [2.24, 2.45) is 11.8 Å². The van der Waals surface area contributed by atoms with Crippen LogP contribution in [0.15, 0.2) is 36.9 Å². The predicted octanol–water partition coefficient (Wildman–Crippen LogP) is 3.17. The average molecular weight is 271 g/mol. The molecule has 20 heavy (non-hydrogen) atoms. The van der Waals surface area contributed by atoms with E-state index in [2.05, 4.69) is 11.9 Å². The quantitative estimate of drug-likeness (QED) is 0.835. The standard InChI is InChI=1S/C17H21NO2/c1-2-9-20-15-7-5-13(6-8-15)17(19)18-16-11-12-3-4-14(16)10-12/h2,5-8,12,14,16H,1,3-4,9-11H2,(H,18,19)/t12-,14-,16-/m0/s1. The van der Waals surface area contributed by atoms with E-state index in [0.717, 1.165) is 18.1 Å². The first-order chi connectivity index (χ1) is 9.76. The second-order valence-corrected chi connectivity index (χ2v) is 5.88. The van der Waals surface area contributed by atoms with Crippen LogP contribution < -0.4 is 10.1 Å². The first kappa shape index (κ1) is 13.2. The van der Waals surface area contributed by atoms with E-state index in [4.69, 9.17) is 4.74 Å². The van der Waals surface area contributed by atoms with Crippen molar-refractivity contribution in [1.29, 1.82) is 0 Å². The molecule has 0 aliphatic heterocycles. The molecule has 2 fully saturated rings. The molecule has 0 heterocycles. The van der Waals surface area contributed by atoms with Gasteiger partial charge in [0, 0.05) is 11.6 Å². The molecule has 0 radical (unpaired) electrons. The minimum absolute atomic E-state index is 0.0396. The number of hydrogen-bond donors (Lipinski definition) is 1.